The first-order valence-electron chi connectivity index (χ1n) is 14.9. The van der Waals surface area contributed by atoms with Crippen LogP contribution in [-0.4, -0.2) is 60.8 Å². The predicted molar refractivity (Wildman–Crippen MR) is 176 cm³/mol. The van der Waals surface area contributed by atoms with E-state index in [9.17, 15) is 19.8 Å². The van der Waals surface area contributed by atoms with Gasteiger partial charge in [0.1, 0.15) is 24.7 Å². The molecule has 3 aromatic rings. The zero-order valence-corrected chi connectivity index (χ0v) is 26.0. The van der Waals surface area contributed by atoms with Gasteiger partial charge in [-0.05, 0) is 91.7 Å². The van der Waals surface area contributed by atoms with E-state index >= 15 is 0 Å². The summed E-state index contributed by atoms with van der Waals surface area (Å²) in [7, 11) is 0. The van der Waals surface area contributed by atoms with Crippen LogP contribution in [0.1, 0.15) is 36.1 Å². The normalized spacial score (nSPS) is 12.0. The average molecular weight is 623 g/mol. The lowest BCUT2D eigenvalue weighted by Crippen LogP contribution is -2.26. The van der Waals surface area contributed by atoms with Gasteiger partial charge in [-0.2, -0.15) is 0 Å². The van der Waals surface area contributed by atoms with Crippen LogP contribution in [0.25, 0.3) is 0 Å². The number of carboxylic acid groups (broad SMARTS) is 2. The maximum Gasteiger partial charge on any atom is 0.333 e. The second-order valence-electron chi connectivity index (χ2n) is 9.81. The van der Waals surface area contributed by atoms with E-state index in [4.69, 9.17) is 18.9 Å². The molecule has 0 aromatic heterocycles. The lowest BCUT2D eigenvalue weighted by molar-refractivity contribution is -0.150. The van der Waals surface area contributed by atoms with Gasteiger partial charge in [0, 0.05) is 37.2 Å². The Labute approximate surface area is 270 Å². The van der Waals surface area contributed by atoms with Crippen molar-refractivity contribution in [3.05, 3.63) is 119 Å². The van der Waals surface area contributed by atoms with Gasteiger partial charge in [-0.25, -0.2) is 9.59 Å². The van der Waals surface area contributed by atoms with Crippen molar-refractivity contribution >= 4 is 11.9 Å². The number of carbonyl (C=O) groups is 2. The number of ether oxygens (including phenoxy) is 4. The van der Waals surface area contributed by atoms with Gasteiger partial charge in [0.2, 0.25) is 0 Å². The molecule has 0 saturated heterocycles. The minimum atomic E-state index is -0.974. The summed E-state index contributed by atoms with van der Waals surface area (Å²) in [5.41, 5.74) is 3.40. The topological polar surface area (TPSA) is 112 Å². The van der Waals surface area contributed by atoms with E-state index in [1.54, 1.807) is 50.3 Å². The number of hydrogen-bond donors (Lipinski definition) is 2. The van der Waals surface area contributed by atoms with Gasteiger partial charge in [0.15, 0.2) is 12.2 Å². The SMILES string of the molecule is CCOC(Cc1ccc(OCC=CC#Cc2cccc(C#CC=CCOc3ccc(CC(OCC)C(=O)O)cc3)c2)cc1)C(=O)O. The molecule has 0 aliphatic carbocycles. The summed E-state index contributed by atoms with van der Waals surface area (Å²) in [6.07, 6.45) is 5.97. The Morgan fingerprint density at radius 3 is 1.46 bits per heavy atom. The zero-order valence-electron chi connectivity index (χ0n) is 26.0. The second-order valence-corrected chi connectivity index (χ2v) is 9.81. The van der Waals surface area contributed by atoms with Crippen molar-refractivity contribution in [3.63, 3.8) is 0 Å². The monoisotopic (exact) mass is 622 g/mol. The Morgan fingerprint density at radius 1 is 0.674 bits per heavy atom. The second kappa shape index (κ2) is 19.9. The Hall–Kier alpha value is -5.28. The molecule has 238 valence electrons. The molecule has 0 radical (unpaired) electrons. The molecule has 0 heterocycles. The molecule has 3 aromatic carbocycles. The van der Waals surface area contributed by atoms with Crippen molar-refractivity contribution in [3.8, 4) is 35.2 Å². The van der Waals surface area contributed by atoms with E-state index in [2.05, 4.69) is 23.7 Å². The highest BCUT2D eigenvalue weighted by atomic mass is 16.5. The van der Waals surface area contributed by atoms with Crippen molar-refractivity contribution in [1.29, 1.82) is 0 Å². The predicted octanol–water partition coefficient (Wildman–Crippen LogP) is 5.72. The third kappa shape index (κ3) is 13.2. The molecule has 0 amide bonds. The molecular formula is C38H38O8. The highest BCUT2D eigenvalue weighted by Crippen LogP contribution is 2.16. The quantitative estimate of drug-likeness (QED) is 0.195. The standard InChI is InChI=1S/C38H38O8/c1-3-43-35(37(39)40)27-31-16-20-33(21-17-31)45-24-9-5-7-12-29-14-11-15-30(26-29)13-8-6-10-25-46-34-22-18-32(19-23-34)28-36(38(41)42)44-4-2/h5-6,9-11,14-23,26,35-36H,3-4,24-25,27-28H2,1-2H3,(H,39,40)(H,41,42). The van der Waals surface area contributed by atoms with E-state index in [0.717, 1.165) is 22.3 Å². The number of aliphatic carboxylic acids is 2. The van der Waals surface area contributed by atoms with Gasteiger partial charge >= 0.3 is 11.9 Å². The maximum atomic E-state index is 11.3. The van der Waals surface area contributed by atoms with E-state index in [1.807, 2.05) is 60.7 Å². The highest BCUT2D eigenvalue weighted by Gasteiger charge is 2.18. The molecule has 0 spiro atoms. The van der Waals surface area contributed by atoms with Gasteiger partial charge in [-0.3, -0.25) is 0 Å². The van der Waals surface area contributed by atoms with Crippen LogP contribution in [0.2, 0.25) is 0 Å². The number of carboxylic acids is 2. The molecule has 8 heteroatoms. The maximum absolute atomic E-state index is 11.3. The lowest BCUT2D eigenvalue weighted by Gasteiger charge is -2.12. The number of benzene rings is 3. The fourth-order valence-corrected chi connectivity index (χ4v) is 4.14. The van der Waals surface area contributed by atoms with Crippen LogP contribution >= 0.6 is 0 Å². The molecule has 0 bridgehead atoms. The molecule has 3 rings (SSSR count). The molecule has 0 fully saturated rings. The van der Waals surface area contributed by atoms with Crippen LogP contribution in [0.4, 0.5) is 0 Å². The molecule has 2 unspecified atom stereocenters. The summed E-state index contributed by atoms with van der Waals surface area (Å²) in [6, 6.07) is 22.2. The molecule has 2 N–H and O–H groups in total. The molecule has 0 aliphatic rings. The first-order valence-corrected chi connectivity index (χ1v) is 14.9. The van der Waals surface area contributed by atoms with E-state index in [-0.39, 0.29) is 0 Å². The fourth-order valence-electron chi connectivity index (χ4n) is 4.14. The molecule has 8 nitrogen and oxygen atoms in total. The number of allylic oxidation sites excluding steroid dienone is 2. The summed E-state index contributed by atoms with van der Waals surface area (Å²) in [6.45, 7) is 4.93. The van der Waals surface area contributed by atoms with E-state index in [1.165, 1.54) is 0 Å². The summed E-state index contributed by atoms with van der Waals surface area (Å²) >= 11 is 0. The highest BCUT2D eigenvalue weighted by molar-refractivity contribution is 5.73. The van der Waals surface area contributed by atoms with Crippen LogP contribution in [0, 0.1) is 23.7 Å². The summed E-state index contributed by atoms with van der Waals surface area (Å²) in [4.78, 5) is 22.5. The largest absolute Gasteiger partial charge is 0.490 e. The minimum absolute atomic E-state index is 0.296. The van der Waals surface area contributed by atoms with Crippen LogP contribution in [-0.2, 0) is 31.9 Å². The minimum Gasteiger partial charge on any atom is -0.490 e. The van der Waals surface area contributed by atoms with Crippen LogP contribution in [0.15, 0.2) is 97.1 Å². The van der Waals surface area contributed by atoms with E-state index in [0.29, 0.717) is 50.8 Å². The van der Waals surface area contributed by atoms with Crippen molar-refractivity contribution in [2.24, 2.45) is 0 Å². The summed E-state index contributed by atoms with van der Waals surface area (Å²) in [5, 5.41) is 18.5. The molecule has 0 aliphatic heterocycles. The third-order valence-electron chi connectivity index (χ3n) is 6.37. The van der Waals surface area contributed by atoms with Crippen LogP contribution < -0.4 is 9.47 Å². The Balaban J connectivity index is 1.40. The Morgan fingerprint density at radius 2 is 1.09 bits per heavy atom. The smallest absolute Gasteiger partial charge is 0.333 e. The molecule has 0 saturated carbocycles. The number of rotatable bonds is 16. The van der Waals surface area contributed by atoms with Gasteiger partial charge in [0.05, 0.1) is 0 Å². The van der Waals surface area contributed by atoms with Crippen LogP contribution in [0.5, 0.6) is 11.5 Å². The third-order valence-corrected chi connectivity index (χ3v) is 6.37. The first kappa shape index (κ1) is 35.2. The fraction of sp³-hybridized carbons (Fsp3) is 0.263. The van der Waals surface area contributed by atoms with Gasteiger partial charge in [-0.1, -0.05) is 54.0 Å². The average Bonchev–Trinajstić information content (AvgIpc) is 3.05. The van der Waals surface area contributed by atoms with Crippen molar-refractivity contribution in [1.82, 2.24) is 0 Å². The van der Waals surface area contributed by atoms with Crippen molar-refractivity contribution < 1.29 is 38.7 Å². The summed E-state index contributed by atoms with van der Waals surface area (Å²) < 4.78 is 21.9. The van der Waals surface area contributed by atoms with Gasteiger partial charge < -0.3 is 29.2 Å². The van der Waals surface area contributed by atoms with Crippen molar-refractivity contribution in [2.45, 2.75) is 38.9 Å². The van der Waals surface area contributed by atoms with Crippen LogP contribution in [0.3, 0.4) is 0 Å². The lowest BCUT2D eigenvalue weighted by atomic mass is 10.1. The molecular weight excluding hydrogens is 584 g/mol. The Bertz CT molecular complexity index is 1470. The molecule has 46 heavy (non-hydrogen) atoms. The van der Waals surface area contributed by atoms with Gasteiger partial charge in [-0.15, -0.1) is 0 Å². The van der Waals surface area contributed by atoms with E-state index < -0.39 is 24.1 Å². The molecule has 2 atom stereocenters. The Kier molecular flexibility index (Phi) is 15.2. The summed E-state index contributed by atoms with van der Waals surface area (Å²) in [5.74, 6) is 11.6. The number of hydrogen-bond acceptors (Lipinski definition) is 6. The van der Waals surface area contributed by atoms with Gasteiger partial charge in [0.25, 0.3) is 0 Å². The van der Waals surface area contributed by atoms with Crippen molar-refractivity contribution in [2.75, 3.05) is 26.4 Å². The first-order chi connectivity index (χ1) is 22.4. The zero-order chi connectivity index (χ0) is 33.0.